The van der Waals surface area contributed by atoms with E-state index in [4.69, 9.17) is 0 Å². The number of rotatable bonds is 15. The highest BCUT2D eigenvalue weighted by Gasteiger charge is 2.31. The highest BCUT2D eigenvalue weighted by atomic mass is 79.9. The zero-order valence-electron chi connectivity index (χ0n) is 19.1. The van der Waals surface area contributed by atoms with E-state index in [1.165, 1.54) is 77.3 Å². The Balaban J connectivity index is -0.00000182. The van der Waals surface area contributed by atoms with Crippen molar-refractivity contribution in [2.24, 2.45) is 17.8 Å². The van der Waals surface area contributed by atoms with E-state index in [0.29, 0.717) is 0 Å². The van der Waals surface area contributed by atoms with Crippen LogP contribution >= 0.6 is 67.9 Å². The van der Waals surface area contributed by atoms with Crippen LogP contribution in [0.5, 0.6) is 0 Å². The first-order valence-electron chi connectivity index (χ1n) is 11.7. The van der Waals surface area contributed by atoms with Crippen molar-refractivity contribution >= 4 is 67.9 Å². The number of nitrogens with one attached hydrogen (secondary N) is 4. The molecule has 2 saturated carbocycles. The number of halogens is 4. The molecule has 186 valence electrons. The van der Waals surface area contributed by atoms with Gasteiger partial charge in [-0.15, -0.1) is 67.9 Å². The van der Waals surface area contributed by atoms with Crippen molar-refractivity contribution in [1.29, 1.82) is 0 Å². The van der Waals surface area contributed by atoms with Crippen LogP contribution in [-0.2, 0) is 0 Å². The Morgan fingerprint density at radius 1 is 0.567 bits per heavy atom. The molecule has 0 aromatic heterocycles. The van der Waals surface area contributed by atoms with Crippen LogP contribution in [-0.4, -0.2) is 52.4 Å². The topological polar surface area (TPSA) is 48.1 Å². The van der Waals surface area contributed by atoms with Crippen LogP contribution in [0.2, 0.25) is 0 Å². The van der Waals surface area contributed by atoms with E-state index < -0.39 is 0 Å². The fourth-order valence-corrected chi connectivity index (χ4v) is 4.90. The summed E-state index contributed by atoms with van der Waals surface area (Å²) in [7, 11) is 0. The third kappa shape index (κ3) is 17.3. The second-order valence-electron chi connectivity index (χ2n) is 8.60. The maximum absolute atomic E-state index is 3.73. The molecule has 3 unspecified atom stereocenters. The summed E-state index contributed by atoms with van der Waals surface area (Å²) in [5.41, 5.74) is 0. The van der Waals surface area contributed by atoms with Gasteiger partial charge in [0, 0.05) is 0 Å². The van der Waals surface area contributed by atoms with Gasteiger partial charge < -0.3 is 21.3 Å². The van der Waals surface area contributed by atoms with Gasteiger partial charge in [0.25, 0.3) is 0 Å². The molecule has 8 heteroatoms. The van der Waals surface area contributed by atoms with Gasteiger partial charge in [-0.2, -0.15) is 0 Å². The Hall–Kier alpha value is 1.76. The molecule has 0 spiro atoms. The minimum atomic E-state index is 0. The maximum Gasteiger partial charge on any atom is -0.00204 e. The van der Waals surface area contributed by atoms with Crippen LogP contribution < -0.4 is 21.3 Å². The summed E-state index contributed by atoms with van der Waals surface area (Å²) in [5.74, 6) is 3.12. The lowest BCUT2D eigenvalue weighted by Crippen LogP contribution is -2.33. The predicted octanol–water partition coefficient (Wildman–Crippen LogP) is 5.45. The van der Waals surface area contributed by atoms with Crippen LogP contribution in [0.25, 0.3) is 0 Å². The van der Waals surface area contributed by atoms with Gasteiger partial charge in [0.1, 0.15) is 0 Å². The van der Waals surface area contributed by atoms with Crippen molar-refractivity contribution in [3.63, 3.8) is 0 Å². The molecule has 0 radical (unpaired) electrons. The minimum Gasteiger partial charge on any atom is -0.317 e. The van der Waals surface area contributed by atoms with E-state index >= 15 is 0 Å². The summed E-state index contributed by atoms with van der Waals surface area (Å²) in [5, 5.41) is 14.2. The SMILES string of the molecule is Br.Br.Br.Br.CCNCCCNCCCNCCCNCC1CCC2CCCCC2C1. The van der Waals surface area contributed by atoms with Crippen molar-refractivity contribution in [1.82, 2.24) is 21.3 Å². The highest BCUT2D eigenvalue weighted by Crippen LogP contribution is 2.42. The van der Waals surface area contributed by atoms with Gasteiger partial charge in [-0.3, -0.25) is 0 Å². The zero-order chi connectivity index (χ0) is 18.3. The molecule has 2 aliphatic carbocycles. The third-order valence-electron chi connectivity index (χ3n) is 6.45. The first-order valence-corrected chi connectivity index (χ1v) is 11.7. The van der Waals surface area contributed by atoms with Crippen molar-refractivity contribution < 1.29 is 0 Å². The molecule has 2 aliphatic rings. The summed E-state index contributed by atoms with van der Waals surface area (Å²) in [4.78, 5) is 0. The smallest absolute Gasteiger partial charge is 0.00204 e. The van der Waals surface area contributed by atoms with Crippen LogP contribution in [0.3, 0.4) is 0 Å². The van der Waals surface area contributed by atoms with E-state index in [1.54, 1.807) is 0 Å². The number of hydrogen-bond donors (Lipinski definition) is 4. The molecule has 0 saturated heterocycles. The standard InChI is InChI=1S/C22H46N4.4BrH/c1-2-23-12-5-13-24-14-6-15-25-16-7-17-26-19-20-10-11-21-8-3-4-9-22(21)18-20;;;;/h20-26H,2-19H2,1H3;4*1H. The molecule has 4 nitrogen and oxygen atoms in total. The average molecular weight is 690 g/mol. The van der Waals surface area contributed by atoms with Gasteiger partial charge in [0.15, 0.2) is 0 Å². The summed E-state index contributed by atoms with van der Waals surface area (Å²) in [6, 6.07) is 0. The van der Waals surface area contributed by atoms with Crippen LogP contribution in [0, 0.1) is 17.8 Å². The van der Waals surface area contributed by atoms with Gasteiger partial charge in [0.2, 0.25) is 0 Å². The monoisotopic (exact) mass is 686 g/mol. The Morgan fingerprint density at radius 2 is 1.07 bits per heavy atom. The molecule has 30 heavy (non-hydrogen) atoms. The molecule has 2 fully saturated rings. The van der Waals surface area contributed by atoms with E-state index in [-0.39, 0.29) is 67.9 Å². The fourth-order valence-electron chi connectivity index (χ4n) is 4.90. The van der Waals surface area contributed by atoms with Crippen LogP contribution in [0.1, 0.15) is 71.1 Å². The lowest BCUT2D eigenvalue weighted by Gasteiger charge is -2.39. The van der Waals surface area contributed by atoms with Crippen molar-refractivity contribution in [2.45, 2.75) is 71.1 Å². The molecule has 0 amide bonds. The van der Waals surface area contributed by atoms with Crippen molar-refractivity contribution in [3.05, 3.63) is 0 Å². The first kappa shape index (κ1) is 36.3. The lowest BCUT2D eigenvalue weighted by atomic mass is 9.67. The van der Waals surface area contributed by atoms with E-state index in [2.05, 4.69) is 28.2 Å². The molecule has 0 aromatic rings. The number of fused-ring (bicyclic) bond motifs is 1. The lowest BCUT2D eigenvalue weighted by molar-refractivity contribution is 0.129. The number of hydrogen-bond acceptors (Lipinski definition) is 4. The van der Waals surface area contributed by atoms with Gasteiger partial charge in [-0.05, 0) is 109 Å². The average Bonchev–Trinajstić information content (AvgIpc) is 2.68. The van der Waals surface area contributed by atoms with Crippen molar-refractivity contribution in [2.75, 3.05) is 52.4 Å². The van der Waals surface area contributed by atoms with Crippen LogP contribution in [0.15, 0.2) is 0 Å². The van der Waals surface area contributed by atoms with Gasteiger partial charge in [0.05, 0.1) is 0 Å². The molecule has 0 heterocycles. The Kier molecular flexibility index (Phi) is 30.7. The summed E-state index contributed by atoms with van der Waals surface area (Å²) in [6.45, 7) is 11.4. The molecule has 3 atom stereocenters. The summed E-state index contributed by atoms with van der Waals surface area (Å²) in [6.07, 6.45) is 14.3. The molecule has 4 N–H and O–H groups in total. The zero-order valence-corrected chi connectivity index (χ0v) is 25.9. The molecular weight excluding hydrogens is 640 g/mol. The molecule has 0 aromatic carbocycles. The Labute approximate surface area is 229 Å². The second kappa shape index (κ2) is 25.4. The van der Waals surface area contributed by atoms with Gasteiger partial charge >= 0.3 is 0 Å². The minimum absolute atomic E-state index is 0. The molecule has 0 aliphatic heterocycles. The molecular formula is C22H50Br4N4. The summed E-state index contributed by atoms with van der Waals surface area (Å²) >= 11 is 0. The largest absolute Gasteiger partial charge is 0.317 e. The van der Waals surface area contributed by atoms with Crippen molar-refractivity contribution in [3.8, 4) is 0 Å². The summed E-state index contributed by atoms with van der Waals surface area (Å²) < 4.78 is 0. The molecule has 0 bridgehead atoms. The second-order valence-corrected chi connectivity index (χ2v) is 8.60. The van der Waals surface area contributed by atoms with Gasteiger partial charge in [-0.25, -0.2) is 0 Å². The quantitative estimate of drug-likeness (QED) is 0.173. The Morgan fingerprint density at radius 3 is 1.63 bits per heavy atom. The Bertz CT molecular complexity index is 340. The van der Waals surface area contributed by atoms with Crippen LogP contribution in [0.4, 0.5) is 0 Å². The van der Waals surface area contributed by atoms with E-state index in [9.17, 15) is 0 Å². The van der Waals surface area contributed by atoms with E-state index in [1.807, 2.05) is 0 Å². The molecule has 2 rings (SSSR count). The predicted molar refractivity (Wildman–Crippen MR) is 155 cm³/mol. The van der Waals surface area contributed by atoms with Gasteiger partial charge in [-0.1, -0.05) is 32.6 Å². The fraction of sp³-hybridized carbons (Fsp3) is 1.00. The first-order chi connectivity index (χ1) is 12.9. The highest BCUT2D eigenvalue weighted by molar-refractivity contribution is 8.93. The third-order valence-corrected chi connectivity index (χ3v) is 6.45. The maximum atomic E-state index is 3.73. The normalized spacial score (nSPS) is 22.5. The van der Waals surface area contributed by atoms with E-state index in [0.717, 1.165) is 57.0 Å².